The molecule has 3 rings (SSSR count). The van der Waals surface area contributed by atoms with E-state index in [9.17, 15) is 19.5 Å². The number of rotatable bonds is 7. The molecule has 0 saturated heterocycles. The lowest BCUT2D eigenvalue weighted by atomic mass is 9.98. The first-order valence-electron chi connectivity index (χ1n) is 9.52. The van der Waals surface area contributed by atoms with Crippen LogP contribution >= 0.6 is 21.6 Å². The van der Waals surface area contributed by atoms with Gasteiger partial charge in [0.15, 0.2) is 0 Å². The van der Waals surface area contributed by atoms with E-state index >= 15 is 0 Å². The lowest BCUT2D eigenvalue weighted by Gasteiger charge is -2.30. The number of methoxy groups -OCH3 is 1. The maximum Gasteiger partial charge on any atom is 0.407 e. The van der Waals surface area contributed by atoms with Crippen LogP contribution in [-0.2, 0) is 14.3 Å². The van der Waals surface area contributed by atoms with Crippen molar-refractivity contribution in [2.75, 3.05) is 13.7 Å². The molecule has 1 atom stereocenters. The summed E-state index contributed by atoms with van der Waals surface area (Å²) in [6, 6.07) is 14.6. The summed E-state index contributed by atoms with van der Waals surface area (Å²) in [7, 11) is 3.02. The van der Waals surface area contributed by atoms with Crippen molar-refractivity contribution in [2.45, 2.75) is 30.6 Å². The van der Waals surface area contributed by atoms with Crippen LogP contribution in [0.4, 0.5) is 9.59 Å². The number of aliphatic carboxylic acids is 1. The topological polar surface area (TPSA) is 102 Å². The van der Waals surface area contributed by atoms with Gasteiger partial charge in [0.25, 0.3) is 0 Å². The van der Waals surface area contributed by atoms with E-state index in [2.05, 4.69) is 10.1 Å². The zero-order chi connectivity index (χ0) is 22.6. The number of fused-ring (bicyclic) bond motifs is 3. The summed E-state index contributed by atoms with van der Waals surface area (Å²) in [5.74, 6) is -1.35. The van der Waals surface area contributed by atoms with E-state index in [-0.39, 0.29) is 12.5 Å². The van der Waals surface area contributed by atoms with E-state index < -0.39 is 28.2 Å². The number of alkyl carbamates (subject to hydrolysis) is 1. The number of carboxylic acids is 1. The Morgan fingerprint density at radius 2 is 1.61 bits per heavy atom. The Morgan fingerprint density at radius 3 is 2.13 bits per heavy atom. The van der Waals surface area contributed by atoms with E-state index in [1.165, 1.54) is 7.11 Å². The largest absolute Gasteiger partial charge is 0.480 e. The third-order valence-electron chi connectivity index (χ3n) is 5.04. The van der Waals surface area contributed by atoms with Crippen LogP contribution in [0.1, 0.15) is 30.9 Å². The van der Waals surface area contributed by atoms with Crippen molar-refractivity contribution in [2.24, 2.45) is 0 Å². The van der Waals surface area contributed by atoms with Crippen molar-refractivity contribution in [3.8, 4) is 11.1 Å². The van der Waals surface area contributed by atoms with Gasteiger partial charge in [0.1, 0.15) is 12.6 Å². The molecule has 7 nitrogen and oxygen atoms in total. The van der Waals surface area contributed by atoms with Crippen LogP contribution in [0, 0.1) is 0 Å². The molecule has 31 heavy (non-hydrogen) atoms. The van der Waals surface area contributed by atoms with Gasteiger partial charge in [-0.15, -0.1) is 0 Å². The van der Waals surface area contributed by atoms with Gasteiger partial charge in [-0.25, -0.2) is 14.4 Å². The lowest BCUT2D eigenvalue weighted by molar-refractivity contribution is -0.140. The highest BCUT2D eigenvalue weighted by molar-refractivity contribution is 8.82. The normalized spacial score (nSPS) is 13.6. The van der Waals surface area contributed by atoms with Gasteiger partial charge < -0.3 is 19.9 Å². The Labute approximate surface area is 188 Å². The highest BCUT2D eigenvalue weighted by Crippen LogP contribution is 2.44. The van der Waals surface area contributed by atoms with Gasteiger partial charge in [0.2, 0.25) is 0 Å². The monoisotopic (exact) mass is 461 g/mol. The van der Waals surface area contributed by atoms with Crippen molar-refractivity contribution in [3.05, 3.63) is 59.7 Å². The Kier molecular flexibility index (Phi) is 7.17. The van der Waals surface area contributed by atoms with Crippen LogP contribution in [0.25, 0.3) is 11.1 Å². The van der Waals surface area contributed by atoms with E-state index in [0.29, 0.717) is 0 Å². The summed E-state index contributed by atoms with van der Waals surface area (Å²) < 4.78 is 9.00. The number of ether oxygens (including phenoxy) is 2. The van der Waals surface area contributed by atoms with Crippen LogP contribution in [-0.4, -0.2) is 47.0 Å². The predicted molar refractivity (Wildman–Crippen MR) is 121 cm³/mol. The standard InChI is InChI=1S/C22H23NO6S2/c1-22(2,31-30-21(27)28-3)18(19(24)25)23-20(26)29-12-17-15-10-6-4-8-13(15)14-9-5-7-11-16(14)17/h4-11,17-18H,12H2,1-3H3,(H,23,26)(H,24,25)/t18-/m1/s1. The maximum atomic E-state index is 12.5. The fraction of sp³-hybridized carbons (Fsp3) is 0.318. The zero-order valence-corrected chi connectivity index (χ0v) is 18.9. The molecule has 0 aromatic heterocycles. The van der Waals surface area contributed by atoms with Crippen LogP contribution < -0.4 is 5.32 Å². The number of nitrogens with one attached hydrogen (secondary N) is 1. The second-order valence-corrected chi connectivity index (χ2v) is 10.2. The molecule has 2 aromatic carbocycles. The highest BCUT2D eigenvalue weighted by atomic mass is 33.1. The molecule has 2 aromatic rings. The highest BCUT2D eigenvalue weighted by Gasteiger charge is 2.39. The Hall–Kier alpha value is -2.65. The summed E-state index contributed by atoms with van der Waals surface area (Å²) in [5.41, 5.74) is 4.34. The Balaban J connectivity index is 1.67. The summed E-state index contributed by atoms with van der Waals surface area (Å²) in [5, 5.41) is 11.5. The van der Waals surface area contributed by atoms with E-state index in [4.69, 9.17) is 4.74 Å². The first-order chi connectivity index (χ1) is 14.7. The minimum atomic E-state index is -1.27. The van der Waals surface area contributed by atoms with Crippen LogP contribution in [0.15, 0.2) is 48.5 Å². The van der Waals surface area contributed by atoms with Gasteiger partial charge >= 0.3 is 17.4 Å². The molecule has 0 heterocycles. The van der Waals surface area contributed by atoms with E-state index in [1.54, 1.807) is 13.8 Å². The molecule has 0 bridgehead atoms. The molecule has 0 fully saturated rings. The first-order valence-corrected chi connectivity index (χ1v) is 11.7. The van der Waals surface area contributed by atoms with Crippen LogP contribution in [0.5, 0.6) is 0 Å². The molecule has 0 aliphatic heterocycles. The van der Waals surface area contributed by atoms with Crippen molar-refractivity contribution < 1.29 is 29.0 Å². The van der Waals surface area contributed by atoms with Gasteiger partial charge in [-0.2, -0.15) is 0 Å². The van der Waals surface area contributed by atoms with Gasteiger partial charge in [-0.3, -0.25) is 0 Å². The van der Waals surface area contributed by atoms with Crippen molar-refractivity contribution in [1.82, 2.24) is 5.32 Å². The van der Waals surface area contributed by atoms with Crippen molar-refractivity contribution in [1.29, 1.82) is 0 Å². The first kappa shape index (κ1) is 23.0. The molecule has 1 aliphatic carbocycles. The van der Waals surface area contributed by atoms with Crippen molar-refractivity contribution >= 4 is 39.0 Å². The van der Waals surface area contributed by atoms with Crippen LogP contribution in [0.2, 0.25) is 0 Å². The molecule has 0 saturated carbocycles. The fourth-order valence-corrected chi connectivity index (χ4v) is 5.46. The fourth-order valence-electron chi connectivity index (χ4n) is 3.51. The molecular weight excluding hydrogens is 438 g/mol. The minimum absolute atomic E-state index is 0.0800. The van der Waals surface area contributed by atoms with Gasteiger partial charge in [0.05, 0.1) is 11.9 Å². The quantitative estimate of drug-likeness (QED) is 0.443. The Bertz CT molecular complexity index is 948. The predicted octanol–water partition coefficient (Wildman–Crippen LogP) is 4.90. The lowest BCUT2D eigenvalue weighted by Crippen LogP contribution is -2.52. The molecular formula is C22H23NO6S2. The minimum Gasteiger partial charge on any atom is -0.480 e. The maximum absolute atomic E-state index is 12.5. The number of amides is 1. The summed E-state index contributed by atoms with van der Waals surface area (Å²) >= 11 is 0. The third kappa shape index (κ3) is 5.16. The SMILES string of the molecule is COC(=O)SSC(C)(C)[C@H](NC(=O)OCC1c2ccccc2-c2ccccc21)C(=O)O. The molecule has 164 valence electrons. The number of carbonyl (C=O) groups is 3. The number of hydrogen-bond donors (Lipinski definition) is 2. The second kappa shape index (κ2) is 9.65. The van der Waals surface area contributed by atoms with Crippen LogP contribution in [0.3, 0.4) is 0 Å². The molecule has 9 heteroatoms. The number of carboxylic acid groups (broad SMARTS) is 1. The second-order valence-electron chi connectivity index (χ2n) is 7.47. The van der Waals surface area contributed by atoms with Gasteiger partial charge in [0, 0.05) is 16.7 Å². The van der Waals surface area contributed by atoms with E-state index in [1.807, 2.05) is 48.5 Å². The van der Waals surface area contributed by atoms with Gasteiger partial charge in [-0.05, 0) is 36.1 Å². The van der Waals surface area contributed by atoms with Crippen molar-refractivity contribution in [3.63, 3.8) is 0 Å². The summed E-state index contributed by atoms with van der Waals surface area (Å²) in [4.78, 5) is 35.6. The summed E-state index contributed by atoms with van der Waals surface area (Å²) in [6.07, 6.45) is -0.828. The van der Waals surface area contributed by atoms with E-state index in [0.717, 1.165) is 43.8 Å². The molecule has 0 radical (unpaired) electrons. The molecule has 0 unspecified atom stereocenters. The Morgan fingerprint density at radius 1 is 1.06 bits per heavy atom. The molecule has 1 aliphatic rings. The third-order valence-corrected chi connectivity index (χ3v) is 8.04. The molecule has 1 amide bonds. The number of carbonyl (C=O) groups excluding carboxylic acids is 2. The average molecular weight is 462 g/mol. The number of benzene rings is 2. The van der Waals surface area contributed by atoms with Gasteiger partial charge in [-0.1, -0.05) is 59.3 Å². The summed E-state index contributed by atoms with van der Waals surface area (Å²) in [6.45, 7) is 3.32. The average Bonchev–Trinajstić information content (AvgIpc) is 3.08. The number of hydrogen-bond acceptors (Lipinski definition) is 7. The molecule has 0 spiro atoms. The molecule has 2 N–H and O–H groups in total. The smallest absolute Gasteiger partial charge is 0.407 e. The zero-order valence-electron chi connectivity index (χ0n) is 17.3.